The lowest BCUT2D eigenvalue weighted by Gasteiger charge is -2.29. The van der Waals surface area contributed by atoms with Gasteiger partial charge in [0, 0.05) is 12.2 Å². The number of thiazole rings is 1. The van der Waals surface area contributed by atoms with E-state index >= 15 is 0 Å². The predicted octanol–water partition coefficient (Wildman–Crippen LogP) is 3.79. The van der Waals surface area contributed by atoms with E-state index in [0.717, 1.165) is 40.3 Å². The van der Waals surface area contributed by atoms with E-state index in [4.69, 9.17) is 4.74 Å². The molecule has 2 aromatic carbocycles. The Hall–Kier alpha value is -2.24. The second-order valence-electron chi connectivity index (χ2n) is 5.85. The van der Waals surface area contributed by atoms with Gasteiger partial charge < -0.3 is 9.64 Å². The van der Waals surface area contributed by atoms with E-state index in [2.05, 4.69) is 11.1 Å². The zero-order chi connectivity index (χ0) is 16.4. The number of fused-ring (bicyclic) bond motifs is 2. The smallest absolute Gasteiger partial charge is 0.252 e. The molecular formula is C19H18N2O2S. The maximum absolute atomic E-state index is 12.5. The van der Waals surface area contributed by atoms with Gasteiger partial charge in [0.1, 0.15) is 11.6 Å². The highest BCUT2D eigenvalue weighted by molar-refractivity contribution is 7.18. The number of carbonyl (C=O) groups is 1. The number of carbonyl (C=O) groups excluding carboxylic acids is 1. The largest absolute Gasteiger partial charge is 0.364 e. The molecule has 0 radical (unpaired) electrons. The molecule has 0 spiro atoms. The third kappa shape index (κ3) is 3.05. The molecule has 0 saturated carbocycles. The van der Waals surface area contributed by atoms with Gasteiger partial charge in [-0.3, -0.25) is 4.79 Å². The Kier molecular flexibility index (Phi) is 4.28. The van der Waals surface area contributed by atoms with Crippen LogP contribution in [0.1, 0.15) is 17.0 Å². The third-order valence-electron chi connectivity index (χ3n) is 4.20. The zero-order valence-electron chi connectivity index (χ0n) is 13.3. The molecule has 0 fully saturated rings. The van der Waals surface area contributed by atoms with Crippen molar-refractivity contribution in [2.75, 3.05) is 18.1 Å². The summed E-state index contributed by atoms with van der Waals surface area (Å²) < 4.78 is 6.78. The van der Waals surface area contributed by atoms with Gasteiger partial charge in [0.25, 0.3) is 5.91 Å². The average molecular weight is 338 g/mol. The molecule has 2 heterocycles. The predicted molar refractivity (Wildman–Crippen MR) is 96.4 cm³/mol. The van der Waals surface area contributed by atoms with Crippen LogP contribution in [0.3, 0.4) is 0 Å². The van der Waals surface area contributed by atoms with Crippen LogP contribution in [0, 0.1) is 0 Å². The maximum Gasteiger partial charge on any atom is 0.252 e. The Morgan fingerprint density at radius 3 is 2.92 bits per heavy atom. The van der Waals surface area contributed by atoms with Gasteiger partial charge in [-0.25, -0.2) is 4.98 Å². The number of para-hydroxylation sites is 2. The van der Waals surface area contributed by atoms with Crippen molar-refractivity contribution in [3.8, 4) is 0 Å². The summed E-state index contributed by atoms with van der Waals surface area (Å²) in [6, 6.07) is 16.1. The fourth-order valence-electron chi connectivity index (χ4n) is 3.08. The topological polar surface area (TPSA) is 42.4 Å². The molecular weight excluding hydrogens is 320 g/mol. The lowest BCUT2D eigenvalue weighted by atomic mass is 10.0. The third-order valence-corrected chi connectivity index (χ3v) is 5.21. The first-order valence-electron chi connectivity index (χ1n) is 8.12. The summed E-state index contributed by atoms with van der Waals surface area (Å²) in [6.07, 6.45) is 2.03. The first-order valence-corrected chi connectivity index (χ1v) is 8.93. The van der Waals surface area contributed by atoms with Gasteiger partial charge >= 0.3 is 0 Å². The van der Waals surface area contributed by atoms with Crippen molar-refractivity contribution >= 4 is 33.1 Å². The zero-order valence-corrected chi connectivity index (χ0v) is 14.1. The molecule has 24 heavy (non-hydrogen) atoms. The number of benzene rings is 2. The molecule has 1 aliphatic rings. The molecule has 0 bridgehead atoms. The Morgan fingerprint density at radius 2 is 2.00 bits per heavy atom. The standard InChI is InChI=1S/C19H18N2O2S/c22-19(21-11-5-7-14-6-1-3-9-16(14)21)13-23-12-18-20-15-8-2-4-10-17(15)24-18/h1-4,6,8-10H,5,7,11-13H2. The molecule has 3 aromatic rings. The Balaban J connectivity index is 1.39. The minimum Gasteiger partial charge on any atom is -0.364 e. The molecule has 0 atom stereocenters. The number of ether oxygens (including phenoxy) is 1. The van der Waals surface area contributed by atoms with Crippen LogP contribution in [0.25, 0.3) is 10.2 Å². The van der Waals surface area contributed by atoms with Gasteiger partial charge in [0.15, 0.2) is 0 Å². The number of anilines is 1. The van der Waals surface area contributed by atoms with Crippen LogP contribution >= 0.6 is 11.3 Å². The molecule has 0 unspecified atom stereocenters. The van der Waals surface area contributed by atoms with Crippen molar-refractivity contribution in [3.05, 3.63) is 59.1 Å². The van der Waals surface area contributed by atoms with Crippen molar-refractivity contribution in [3.63, 3.8) is 0 Å². The van der Waals surface area contributed by atoms with Crippen molar-refractivity contribution < 1.29 is 9.53 Å². The summed E-state index contributed by atoms with van der Waals surface area (Å²) in [5, 5.41) is 0.906. The number of rotatable bonds is 4. The highest BCUT2D eigenvalue weighted by Gasteiger charge is 2.22. The lowest BCUT2D eigenvalue weighted by molar-refractivity contribution is -0.123. The molecule has 4 nitrogen and oxygen atoms in total. The van der Waals surface area contributed by atoms with E-state index in [1.54, 1.807) is 11.3 Å². The van der Waals surface area contributed by atoms with Crippen LogP contribution in [0.2, 0.25) is 0 Å². The van der Waals surface area contributed by atoms with Gasteiger partial charge in [-0.1, -0.05) is 30.3 Å². The molecule has 4 rings (SSSR count). The van der Waals surface area contributed by atoms with Gasteiger partial charge in [-0.15, -0.1) is 11.3 Å². The van der Waals surface area contributed by atoms with Crippen LogP contribution in [-0.4, -0.2) is 24.0 Å². The van der Waals surface area contributed by atoms with Crippen LogP contribution in [0.15, 0.2) is 48.5 Å². The quantitative estimate of drug-likeness (QED) is 0.727. The van der Waals surface area contributed by atoms with Gasteiger partial charge in [-0.2, -0.15) is 0 Å². The van der Waals surface area contributed by atoms with Gasteiger partial charge in [0.2, 0.25) is 0 Å². The van der Waals surface area contributed by atoms with Crippen molar-refractivity contribution in [2.45, 2.75) is 19.4 Å². The number of aromatic nitrogens is 1. The summed E-state index contributed by atoms with van der Waals surface area (Å²) >= 11 is 1.61. The van der Waals surface area contributed by atoms with Crippen molar-refractivity contribution in [1.82, 2.24) is 4.98 Å². The maximum atomic E-state index is 12.5. The molecule has 0 aliphatic carbocycles. The molecule has 0 N–H and O–H groups in total. The van der Waals surface area contributed by atoms with E-state index in [9.17, 15) is 4.79 Å². The fourth-order valence-corrected chi connectivity index (χ4v) is 3.98. The number of hydrogen-bond acceptors (Lipinski definition) is 4. The molecule has 5 heteroatoms. The number of aryl methyl sites for hydroxylation is 1. The SMILES string of the molecule is O=C(COCc1nc2ccccc2s1)N1CCCc2ccccc21. The number of hydrogen-bond donors (Lipinski definition) is 0. The second kappa shape index (κ2) is 6.71. The summed E-state index contributed by atoms with van der Waals surface area (Å²) in [5.74, 6) is 0.0169. The summed E-state index contributed by atoms with van der Waals surface area (Å²) in [6.45, 7) is 1.23. The van der Waals surface area contributed by atoms with Gasteiger partial charge in [0.05, 0.1) is 16.8 Å². The van der Waals surface area contributed by atoms with E-state index in [1.165, 1.54) is 5.56 Å². The number of nitrogens with zero attached hydrogens (tertiary/aromatic N) is 2. The van der Waals surface area contributed by atoms with Crippen LogP contribution < -0.4 is 4.90 Å². The Bertz CT molecular complexity index is 841. The van der Waals surface area contributed by atoms with E-state index in [-0.39, 0.29) is 12.5 Å². The summed E-state index contributed by atoms with van der Waals surface area (Å²) in [5.41, 5.74) is 3.25. The molecule has 1 aliphatic heterocycles. The molecule has 0 saturated heterocycles. The monoisotopic (exact) mass is 338 g/mol. The van der Waals surface area contributed by atoms with E-state index < -0.39 is 0 Å². The molecule has 1 amide bonds. The average Bonchev–Trinajstić information content (AvgIpc) is 3.04. The Morgan fingerprint density at radius 1 is 1.17 bits per heavy atom. The summed E-state index contributed by atoms with van der Waals surface area (Å²) in [4.78, 5) is 18.9. The minimum absolute atomic E-state index is 0.0169. The van der Waals surface area contributed by atoms with Crippen molar-refractivity contribution in [2.24, 2.45) is 0 Å². The van der Waals surface area contributed by atoms with Crippen LogP contribution in [0.4, 0.5) is 5.69 Å². The van der Waals surface area contributed by atoms with Crippen LogP contribution in [-0.2, 0) is 22.6 Å². The first kappa shape index (κ1) is 15.3. The first-order chi connectivity index (χ1) is 11.8. The minimum atomic E-state index is 0.0169. The fraction of sp³-hybridized carbons (Fsp3) is 0.263. The summed E-state index contributed by atoms with van der Waals surface area (Å²) in [7, 11) is 0. The highest BCUT2D eigenvalue weighted by atomic mass is 32.1. The second-order valence-corrected chi connectivity index (χ2v) is 6.96. The normalized spacial score (nSPS) is 13.9. The Labute approximate surface area is 144 Å². The van der Waals surface area contributed by atoms with E-state index in [1.807, 2.05) is 47.4 Å². The van der Waals surface area contributed by atoms with Crippen LogP contribution in [0.5, 0.6) is 0 Å². The molecule has 122 valence electrons. The lowest BCUT2D eigenvalue weighted by Crippen LogP contribution is -2.37. The van der Waals surface area contributed by atoms with Gasteiger partial charge in [-0.05, 0) is 36.6 Å². The van der Waals surface area contributed by atoms with Crippen molar-refractivity contribution in [1.29, 1.82) is 0 Å². The molecule has 1 aromatic heterocycles. The number of amides is 1. The highest BCUT2D eigenvalue weighted by Crippen LogP contribution is 2.27. The van der Waals surface area contributed by atoms with E-state index in [0.29, 0.717) is 6.61 Å².